The van der Waals surface area contributed by atoms with Gasteiger partial charge < -0.3 is 10.4 Å². The number of aliphatic hydroxyl groups excluding tert-OH is 1. The van der Waals surface area contributed by atoms with Crippen LogP contribution < -0.4 is 5.32 Å². The van der Waals surface area contributed by atoms with Gasteiger partial charge in [0.05, 0.1) is 18.3 Å². The fourth-order valence-electron chi connectivity index (χ4n) is 1.55. The van der Waals surface area contributed by atoms with Gasteiger partial charge in [-0.1, -0.05) is 0 Å². The number of aliphatic hydroxyl groups is 1. The van der Waals surface area contributed by atoms with Crippen molar-refractivity contribution in [2.75, 3.05) is 11.9 Å². The maximum atomic E-state index is 13.0. The zero-order valence-corrected chi connectivity index (χ0v) is 11.1. The molecule has 1 atom stereocenters. The minimum absolute atomic E-state index is 0.317. The molecule has 0 amide bonds. The Morgan fingerprint density at radius 2 is 2.33 bits per heavy atom. The molecule has 0 aliphatic carbocycles. The Labute approximate surface area is 113 Å². The summed E-state index contributed by atoms with van der Waals surface area (Å²) >= 11 is 3.31. The van der Waals surface area contributed by atoms with Gasteiger partial charge in [-0.15, -0.1) is 0 Å². The molecule has 0 fully saturated rings. The third-order valence-corrected chi connectivity index (χ3v) is 3.11. The first-order valence-corrected chi connectivity index (χ1v) is 6.29. The van der Waals surface area contributed by atoms with Gasteiger partial charge in [-0.05, 0) is 40.2 Å². The standard InChI is InChI=1S/C12H13BrFN3O/c13-11-3-2-9(14)6-12(11)15-7-10(18)8-17-5-1-4-16-17/h1-6,10,15,18H,7-8H2. The number of rotatable bonds is 5. The Balaban J connectivity index is 1.89. The van der Waals surface area contributed by atoms with Crippen molar-refractivity contribution in [3.8, 4) is 0 Å². The van der Waals surface area contributed by atoms with Gasteiger partial charge in [0.2, 0.25) is 0 Å². The number of nitrogens with zero attached hydrogens (tertiary/aromatic N) is 2. The summed E-state index contributed by atoms with van der Waals surface area (Å²) in [5.74, 6) is -0.317. The third kappa shape index (κ3) is 3.54. The molecule has 0 radical (unpaired) electrons. The molecule has 1 aromatic carbocycles. The summed E-state index contributed by atoms with van der Waals surface area (Å²) in [7, 11) is 0. The van der Waals surface area contributed by atoms with Gasteiger partial charge in [0, 0.05) is 23.4 Å². The van der Waals surface area contributed by atoms with Gasteiger partial charge in [-0.3, -0.25) is 4.68 Å². The molecule has 1 aromatic heterocycles. The van der Waals surface area contributed by atoms with Gasteiger partial charge in [-0.25, -0.2) is 4.39 Å². The second kappa shape index (κ2) is 5.97. The molecule has 1 unspecified atom stereocenters. The zero-order valence-electron chi connectivity index (χ0n) is 9.55. The van der Waals surface area contributed by atoms with E-state index in [0.717, 1.165) is 4.47 Å². The molecule has 0 spiro atoms. The summed E-state index contributed by atoms with van der Waals surface area (Å²) in [5, 5.41) is 16.8. The second-order valence-corrected chi connectivity index (χ2v) is 4.74. The SMILES string of the molecule is OC(CNc1cc(F)ccc1Br)Cn1cccn1. The summed E-state index contributed by atoms with van der Waals surface area (Å²) in [6, 6.07) is 6.17. The Kier molecular flexibility index (Phi) is 4.33. The molecule has 2 rings (SSSR count). The summed E-state index contributed by atoms with van der Waals surface area (Å²) in [5.41, 5.74) is 0.620. The van der Waals surface area contributed by atoms with E-state index in [9.17, 15) is 9.50 Å². The van der Waals surface area contributed by atoms with Crippen LogP contribution in [0, 0.1) is 5.82 Å². The van der Waals surface area contributed by atoms with Crippen LogP contribution in [0.25, 0.3) is 0 Å². The Morgan fingerprint density at radius 1 is 1.50 bits per heavy atom. The predicted molar refractivity (Wildman–Crippen MR) is 70.8 cm³/mol. The van der Waals surface area contributed by atoms with Crippen LogP contribution in [0.15, 0.2) is 41.1 Å². The molecule has 18 heavy (non-hydrogen) atoms. The van der Waals surface area contributed by atoms with Crippen LogP contribution in [-0.4, -0.2) is 27.5 Å². The summed E-state index contributed by atoms with van der Waals surface area (Å²) in [6.45, 7) is 0.717. The van der Waals surface area contributed by atoms with E-state index >= 15 is 0 Å². The Bertz CT molecular complexity index is 504. The molecular formula is C12H13BrFN3O. The molecule has 2 N–H and O–H groups in total. The van der Waals surface area contributed by atoms with E-state index in [2.05, 4.69) is 26.3 Å². The molecule has 0 aliphatic heterocycles. The van der Waals surface area contributed by atoms with Crippen molar-refractivity contribution < 1.29 is 9.50 Å². The van der Waals surface area contributed by atoms with E-state index in [0.29, 0.717) is 18.8 Å². The largest absolute Gasteiger partial charge is 0.389 e. The normalized spacial score (nSPS) is 12.4. The van der Waals surface area contributed by atoms with Crippen LogP contribution >= 0.6 is 15.9 Å². The number of hydrogen-bond acceptors (Lipinski definition) is 3. The van der Waals surface area contributed by atoms with E-state index in [4.69, 9.17) is 0 Å². The highest BCUT2D eigenvalue weighted by molar-refractivity contribution is 9.10. The number of hydrogen-bond donors (Lipinski definition) is 2. The monoisotopic (exact) mass is 313 g/mol. The lowest BCUT2D eigenvalue weighted by molar-refractivity contribution is 0.161. The maximum absolute atomic E-state index is 13.0. The lowest BCUT2D eigenvalue weighted by Gasteiger charge is -2.14. The summed E-state index contributed by atoms with van der Waals surface area (Å²) in [6.07, 6.45) is 2.84. The van der Waals surface area contributed by atoms with Crippen LogP contribution in [0.3, 0.4) is 0 Å². The van der Waals surface area contributed by atoms with E-state index in [1.165, 1.54) is 12.1 Å². The smallest absolute Gasteiger partial charge is 0.125 e. The maximum Gasteiger partial charge on any atom is 0.125 e. The summed E-state index contributed by atoms with van der Waals surface area (Å²) < 4.78 is 15.4. The molecule has 1 heterocycles. The molecule has 0 saturated heterocycles. The first-order valence-electron chi connectivity index (χ1n) is 5.49. The second-order valence-electron chi connectivity index (χ2n) is 3.89. The Morgan fingerprint density at radius 3 is 3.06 bits per heavy atom. The third-order valence-electron chi connectivity index (χ3n) is 2.41. The van der Waals surface area contributed by atoms with Gasteiger partial charge in [-0.2, -0.15) is 5.10 Å². The van der Waals surface area contributed by atoms with Gasteiger partial charge in [0.15, 0.2) is 0 Å². The topological polar surface area (TPSA) is 50.1 Å². The summed E-state index contributed by atoms with van der Waals surface area (Å²) in [4.78, 5) is 0. The molecule has 0 bridgehead atoms. The minimum atomic E-state index is -0.597. The lowest BCUT2D eigenvalue weighted by Crippen LogP contribution is -2.25. The lowest BCUT2D eigenvalue weighted by atomic mass is 10.3. The van der Waals surface area contributed by atoms with Crippen molar-refractivity contribution in [3.63, 3.8) is 0 Å². The number of nitrogens with one attached hydrogen (secondary N) is 1. The molecule has 6 heteroatoms. The van der Waals surface area contributed by atoms with Crippen LogP contribution in [0.4, 0.5) is 10.1 Å². The number of aromatic nitrogens is 2. The zero-order chi connectivity index (χ0) is 13.0. The highest BCUT2D eigenvalue weighted by Gasteiger charge is 2.07. The van der Waals surface area contributed by atoms with E-state index < -0.39 is 6.10 Å². The van der Waals surface area contributed by atoms with Crippen LogP contribution in [0.2, 0.25) is 0 Å². The fraction of sp³-hybridized carbons (Fsp3) is 0.250. The van der Waals surface area contributed by atoms with Gasteiger partial charge in [0.1, 0.15) is 5.82 Å². The first kappa shape index (κ1) is 13.0. The molecule has 0 saturated carbocycles. The number of benzene rings is 1. The number of halogens is 2. The van der Waals surface area contributed by atoms with E-state index in [-0.39, 0.29) is 5.82 Å². The van der Waals surface area contributed by atoms with Crippen molar-refractivity contribution in [3.05, 3.63) is 46.9 Å². The fourth-order valence-corrected chi connectivity index (χ4v) is 1.94. The van der Waals surface area contributed by atoms with Crippen molar-refractivity contribution in [1.82, 2.24) is 9.78 Å². The van der Waals surface area contributed by atoms with Crippen molar-refractivity contribution in [2.24, 2.45) is 0 Å². The van der Waals surface area contributed by atoms with Crippen LogP contribution in [0.5, 0.6) is 0 Å². The van der Waals surface area contributed by atoms with Gasteiger partial charge >= 0.3 is 0 Å². The van der Waals surface area contributed by atoms with E-state index in [1.54, 1.807) is 29.2 Å². The average Bonchev–Trinajstić information content (AvgIpc) is 2.83. The Hall–Kier alpha value is -1.40. The van der Waals surface area contributed by atoms with Crippen molar-refractivity contribution >= 4 is 21.6 Å². The van der Waals surface area contributed by atoms with Gasteiger partial charge in [0.25, 0.3) is 0 Å². The highest BCUT2D eigenvalue weighted by atomic mass is 79.9. The quantitative estimate of drug-likeness (QED) is 0.890. The molecule has 0 aliphatic rings. The van der Waals surface area contributed by atoms with Crippen molar-refractivity contribution in [2.45, 2.75) is 12.6 Å². The number of anilines is 1. The average molecular weight is 314 g/mol. The molecular weight excluding hydrogens is 301 g/mol. The van der Waals surface area contributed by atoms with Crippen LogP contribution in [-0.2, 0) is 6.54 Å². The first-order chi connectivity index (χ1) is 8.65. The van der Waals surface area contributed by atoms with Crippen LogP contribution in [0.1, 0.15) is 0 Å². The highest BCUT2D eigenvalue weighted by Crippen LogP contribution is 2.22. The predicted octanol–water partition coefficient (Wildman–Crippen LogP) is 2.26. The molecule has 96 valence electrons. The van der Waals surface area contributed by atoms with Crippen molar-refractivity contribution in [1.29, 1.82) is 0 Å². The molecule has 4 nitrogen and oxygen atoms in total. The minimum Gasteiger partial charge on any atom is -0.389 e. The van der Waals surface area contributed by atoms with E-state index in [1.807, 2.05) is 0 Å². The molecule has 2 aromatic rings.